The Kier molecular flexibility index (Phi) is 9.06. The summed E-state index contributed by atoms with van der Waals surface area (Å²) in [6, 6.07) is 16.1. The van der Waals surface area contributed by atoms with Crippen LogP contribution in [-0.2, 0) is 17.9 Å². The smallest absolute Gasteiger partial charge is 0.233 e. The molecule has 3 rings (SSSR count). The number of aromatic nitrogens is 3. The van der Waals surface area contributed by atoms with E-state index in [1.165, 1.54) is 17.8 Å². The number of carbonyl (C=O) groups is 1. The lowest BCUT2D eigenvalue weighted by Crippen LogP contribution is -2.34. The quantitative estimate of drug-likeness (QED) is 0.288. The highest BCUT2D eigenvalue weighted by Crippen LogP contribution is 2.25. The fraction of sp³-hybridized carbons (Fsp3) is 0.320. The zero-order chi connectivity index (χ0) is 23.6. The van der Waals surface area contributed by atoms with Gasteiger partial charge in [0, 0.05) is 6.54 Å². The first kappa shape index (κ1) is 24.5. The van der Waals surface area contributed by atoms with E-state index in [1.807, 2.05) is 41.8 Å². The van der Waals surface area contributed by atoms with Crippen LogP contribution in [0.5, 0.6) is 5.75 Å². The van der Waals surface area contributed by atoms with E-state index in [-0.39, 0.29) is 29.6 Å². The summed E-state index contributed by atoms with van der Waals surface area (Å²) in [5.41, 5.74) is 1.09. The van der Waals surface area contributed by atoms with Gasteiger partial charge in [0.2, 0.25) is 5.91 Å². The van der Waals surface area contributed by atoms with Crippen molar-refractivity contribution in [3.05, 3.63) is 84.5 Å². The second-order valence-corrected chi connectivity index (χ2v) is 8.85. The summed E-state index contributed by atoms with van der Waals surface area (Å²) < 4.78 is 21.3. The van der Waals surface area contributed by atoms with Crippen molar-refractivity contribution in [1.29, 1.82) is 0 Å². The first-order chi connectivity index (χ1) is 16.0. The van der Waals surface area contributed by atoms with Crippen LogP contribution in [0.1, 0.15) is 44.1 Å². The van der Waals surface area contributed by atoms with Crippen LogP contribution in [0.15, 0.2) is 72.4 Å². The van der Waals surface area contributed by atoms with Crippen molar-refractivity contribution < 1.29 is 13.9 Å². The molecular weight excluding hydrogens is 439 g/mol. The lowest BCUT2D eigenvalue weighted by atomic mass is 10.0. The molecule has 2 unspecified atom stereocenters. The molecule has 0 fully saturated rings. The summed E-state index contributed by atoms with van der Waals surface area (Å²) in [4.78, 5) is 13.0. The summed E-state index contributed by atoms with van der Waals surface area (Å²) in [7, 11) is 0. The van der Waals surface area contributed by atoms with Crippen molar-refractivity contribution in [2.75, 3.05) is 0 Å². The number of carbonyl (C=O) groups excluding carboxylic acids is 1. The maximum atomic E-state index is 13.9. The number of rotatable bonds is 12. The fourth-order valence-corrected chi connectivity index (χ4v) is 4.21. The van der Waals surface area contributed by atoms with Gasteiger partial charge in [-0.3, -0.25) is 9.36 Å². The minimum absolute atomic E-state index is 0.0393. The minimum atomic E-state index is -0.438. The number of para-hydroxylation sites is 1. The molecule has 174 valence electrons. The van der Waals surface area contributed by atoms with Gasteiger partial charge in [0.25, 0.3) is 0 Å². The predicted molar refractivity (Wildman–Crippen MR) is 129 cm³/mol. The molecule has 1 aromatic heterocycles. The van der Waals surface area contributed by atoms with E-state index in [0.29, 0.717) is 17.5 Å². The number of nitrogens with one attached hydrogen (secondary N) is 1. The molecule has 8 heteroatoms. The lowest BCUT2D eigenvalue weighted by Gasteiger charge is -2.21. The largest absolute Gasteiger partial charge is 0.483 e. The molecule has 0 bridgehead atoms. The van der Waals surface area contributed by atoms with Crippen LogP contribution in [0, 0.1) is 5.82 Å². The average Bonchev–Trinajstić information content (AvgIpc) is 3.20. The molecule has 0 aliphatic heterocycles. The lowest BCUT2D eigenvalue weighted by molar-refractivity contribution is -0.121. The second-order valence-electron chi connectivity index (χ2n) is 7.54. The molecule has 0 saturated carbocycles. The molecule has 1 amide bonds. The van der Waals surface area contributed by atoms with Gasteiger partial charge in [-0.15, -0.1) is 16.8 Å². The minimum Gasteiger partial charge on any atom is -0.483 e. The highest BCUT2D eigenvalue weighted by atomic mass is 32.2. The molecule has 2 atom stereocenters. The third-order valence-corrected chi connectivity index (χ3v) is 6.13. The van der Waals surface area contributed by atoms with Crippen LogP contribution in [0.25, 0.3) is 0 Å². The highest BCUT2D eigenvalue weighted by Gasteiger charge is 2.23. The van der Waals surface area contributed by atoms with E-state index in [1.54, 1.807) is 24.3 Å². The molecule has 3 aromatic rings. The number of hydrogen-bond donors (Lipinski definition) is 1. The summed E-state index contributed by atoms with van der Waals surface area (Å²) in [6.07, 6.45) is 3.54. The van der Waals surface area contributed by atoms with Crippen molar-refractivity contribution in [3.8, 4) is 5.75 Å². The van der Waals surface area contributed by atoms with Crippen molar-refractivity contribution >= 4 is 17.7 Å². The summed E-state index contributed by atoms with van der Waals surface area (Å²) in [6.45, 7) is 8.23. The molecule has 1 N–H and O–H groups in total. The van der Waals surface area contributed by atoms with Gasteiger partial charge in [0.1, 0.15) is 6.61 Å². The number of benzene rings is 2. The van der Waals surface area contributed by atoms with Gasteiger partial charge < -0.3 is 10.1 Å². The Balaban J connectivity index is 1.68. The highest BCUT2D eigenvalue weighted by molar-refractivity contribution is 8.00. The van der Waals surface area contributed by atoms with Crippen molar-refractivity contribution in [2.45, 2.75) is 56.3 Å². The number of thioether (sulfide) groups is 1. The molecule has 6 nitrogen and oxygen atoms in total. The number of nitrogens with zero attached hydrogens (tertiary/aromatic N) is 3. The standard InChI is InChI=1S/C25H29FN4O2S/c1-4-11-21(19-12-7-6-8-13-19)27-24(31)18(3)33-25-29-28-23(30(25)16-5-2)17-32-22-15-10-9-14-20(22)26/h5-10,12-15,18,21H,2,4,11,16-17H2,1,3H3,(H,27,31). The predicted octanol–water partition coefficient (Wildman–Crippen LogP) is 5.32. The van der Waals surface area contributed by atoms with Gasteiger partial charge in [0.15, 0.2) is 22.5 Å². The number of ether oxygens (including phenoxy) is 1. The van der Waals surface area contributed by atoms with Crippen LogP contribution in [-0.4, -0.2) is 25.9 Å². The van der Waals surface area contributed by atoms with Crippen LogP contribution < -0.4 is 10.1 Å². The maximum absolute atomic E-state index is 13.9. The molecule has 1 heterocycles. The molecule has 0 saturated heterocycles. The molecule has 0 spiro atoms. The Bertz CT molecular complexity index is 1060. The van der Waals surface area contributed by atoms with Crippen LogP contribution in [0.4, 0.5) is 4.39 Å². The van der Waals surface area contributed by atoms with Gasteiger partial charge in [-0.2, -0.15) is 0 Å². The third kappa shape index (κ3) is 6.68. The van der Waals surface area contributed by atoms with Crippen LogP contribution in [0.3, 0.4) is 0 Å². The molecule has 0 aliphatic carbocycles. The summed E-state index contributed by atoms with van der Waals surface area (Å²) in [5.74, 6) is 0.170. The summed E-state index contributed by atoms with van der Waals surface area (Å²) in [5, 5.41) is 11.8. The first-order valence-electron chi connectivity index (χ1n) is 11.0. The van der Waals surface area contributed by atoms with Crippen molar-refractivity contribution in [2.24, 2.45) is 0 Å². The first-order valence-corrected chi connectivity index (χ1v) is 11.8. The Morgan fingerprint density at radius 2 is 1.94 bits per heavy atom. The van der Waals surface area contributed by atoms with Crippen LogP contribution in [0.2, 0.25) is 0 Å². The van der Waals surface area contributed by atoms with E-state index in [2.05, 4.69) is 29.0 Å². The molecule has 2 aromatic carbocycles. The van der Waals surface area contributed by atoms with Gasteiger partial charge in [-0.1, -0.05) is 73.6 Å². The molecule has 33 heavy (non-hydrogen) atoms. The summed E-state index contributed by atoms with van der Waals surface area (Å²) >= 11 is 1.32. The topological polar surface area (TPSA) is 69.0 Å². The number of amides is 1. The van der Waals surface area contributed by atoms with E-state index in [9.17, 15) is 9.18 Å². The number of hydrogen-bond acceptors (Lipinski definition) is 5. The SMILES string of the molecule is C=CCn1c(COc2ccccc2F)nnc1SC(C)C(=O)NC(CCC)c1ccccc1. The molecule has 0 radical (unpaired) electrons. The zero-order valence-electron chi connectivity index (χ0n) is 18.9. The van der Waals surface area contributed by atoms with Crippen molar-refractivity contribution in [3.63, 3.8) is 0 Å². The Hall–Kier alpha value is -3.13. The van der Waals surface area contributed by atoms with Gasteiger partial charge in [-0.05, 0) is 31.0 Å². The van der Waals surface area contributed by atoms with Gasteiger partial charge >= 0.3 is 0 Å². The van der Waals surface area contributed by atoms with E-state index >= 15 is 0 Å². The molecular formula is C25H29FN4O2S. The Labute approximate surface area is 198 Å². The third-order valence-electron chi connectivity index (χ3n) is 5.05. The molecule has 0 aliphatic rings. The van der Waals surface area contributed by atoms with Gasteiger partial charge in [-0.25, -0.2) is 4.39 Å². The van der Waals surface area contributed by atoms with E-state index in [4.69, 9.17) is 4.74 Å². The second kappa shape index (κ2) is 12.2. The monoisotopic (exact) mass is 468 g/mol. The van der Waals surface area contributed by atoms with Crippen molar-refractivity contribution in [1.82, 2.24) is 20.1 Å². The van der Waals surface area contributed by atoms with E-state index in [0.717, 1.165) is 18.4 Å². The Morgan fingerprint density at radius 3 is 2.64 bits per heavy atom. The van der Waals surface area contributed by atoms with Crippen LogP contribution >= 0.6 is 11.8 Å². The zero-order valence-corrected chi connectivity index (χ0v) is 19.7. The van der Waals surface area contributed by atoms with E-state index < -0.39 is 5.82 Å². The number of halogens is 1. The van der Waals surface area contributed by atoms with Gasteiger partial charge in [0.05, 0.1) is 11.3 Å². The normalized spacial score (nSPS) is 12.7. The number of allylic oxidation sites excluding steroid dienone is 1. The average molecular weight is 469 g/mol. The fourth-order valence-electron chi connectivity index (χ4n) is 3.33. The Morgan fingerprint density at radius 1 is 1.21 bits per heavy atom. The maximum Gasteiger partial charge on any atom is 0.233 e.